The van der Waals surface area contributed by atoms with E-state index in [2.05, 4.69) is 20.3 Å². The second kappa shape index (κ2) is 6.07. The van der Waals surface area contributed by atoms with Gasteiger partial charge in [-0.05, 0) is 19.1 Å². The van der Waals surface area contributed by atoms with E-state index in [4.69, 9.17) is 0 Å². The molecule has 7 heteroatoms. The Kier molecular flexibility index (Phi) is 3.97. The minimum Gasteiger partial charge on any atom is -0.298 e. The third-order valence-electron chi connectivity index (χ3n) is 3.13. The fraction of sp³-hybridized carbons (Fsp3) is 0.200. The molecule has 0 aromatic carbocycles. The molecule has 0 radical (unpaired) electrons. The van der Waals surface area contributed by atoms with E-state index in [0.29, 0.717) is 10.7 Å². The number of hydrogen-bond donors (Lipinski definition) is 1. The lowest BCUT2D eigenvalue weighted by atomic mass is 10.2. The Morgan fingerprint density at radius 3 is 2.86 bits per heavy atom. The molecule has 6 nitrogen and oxygen atoms in total. The highest BCUT2D eigenvalue weighted by Gasteiger charge is 2.10. The van der Waals surface area contributed by atoms with Crippen LogP contribution in [-0.2, 0) is 6.42 Å². The first kappa shape index (κ1) is 14.4. The smallest absolute Gasteiger partial charge is 0.259 e. The van der Waals surface area contributed by atoms with Crippen molar-refractivity contribution in [1.82, 2.24) is 19.5 Å². The molecule has 0 bridgehead atoms. The van der Waals surface area contributed by atoms with Gasteiger partial charge in [0.05, 0.1) is 11.3 Å². The largest absolute Gasteiger partial charge is 0.298 e. The summed E-state index contributed by atoms with van der Waals surface area (Å²) in [6.07, 6.45) is 5.98. The molecule has 3 aromatic rings. The molecule has 0 saturated carbocycles. The van der Waals surface area contributed by atoms with Crippen molar-refractivity contribution in [2.45, 2.75) is 20.3 Å². The van der Waals surface area contributed by atoms with Crippen LogP contribution in [0, 0.1) is 6.92 Å². The van der Waals surface area contributed by atoms with Crippen LogP contribution >= 0.6 is 11.3 Å². The number of amides is 1. The minimum absolute atomic E-state index is 0.213. The van der Waals surface area contributed by atoms with Gasteiger partial charge in [-0.2, -0.15) is 0 Å². The first-order chi connectivity index (χ1) is 10.7. The Morgan fingerprint density at radius 2 is 2.23 bits per heavy atom. The van der Waals surface area contributed by atoms with Gasteiger partial charge in [-0.15, -0.1) is 11.3 Å². The molecule has 3 aromatic heterocycles. The summed E-state index contributed by atoms with van der Waals surface area (Å²) in [7, 11) is 0. The zero-order valence-corrected chi connectivity index (χ0v) is 13.1. The Morgan fingerprint density at radius 1 is 1.36 bits per heavy atom. The van der Waals surface area contributed by atoms with Crippen molar-refractivity contribution in [3.05, 3.63) is 53.2 Å². The summed E-state index contributed by atoms with van der Waals surface area (Å²) in [6, 6.07) is 3.56. The third-order valence-corrected chi connectivity index (χ3v) is 4.01. The second-order valence-corrected chi connectivity index (χ2v) is 5.58. The van der Waals surface area contributed by atoms with Gasteiger partial charge in [-0.1, -0.05) is 6.92 Å². The zero-order chi connectivity index (χ0) is 15.5. The molecule has 0 unspecified atom stereocenters. The molecule has 0 aliphatic carbocycles. The van der Waals surface area contributed by atoms with Gasteiger partial charge in [0, 0.05) is 30.4 Å². The summed E-state index contributed by atoms with van der Waals surface area (Å²) in [5.74, 6) is 1.47. The summed E-state index contributed by atoms with van der Waals surface area (Å²) in [6.45, 7) is 3.93. The number of aromatic nitrogens is 4. The lowest BCUT2D eigenvalue weighted by molar-refractivity contribution is 0.102. The highest BCUT2D eigenvalue weighted by molar-refractivity contribution is 7.13. The fourth-order valence-electron chi connectivity index (χ4n) is 2.05. The molecule has 1 amide bonds. The van der Waals surface area contributed by atoms with E-state index in [1.807, 2.05) is 36.1 Å². The molecular formula is C15H15N5OS. The molecule has 0 aliphatic heterocycles. The zero-order valence-electron chi connectivity index (χ0n) is 12.3. The molecule has 0 saturated heterocycles. The van der Waals surface area contributed by atoms with Crippen molar-refractivity contribution in [3.63, 3.8) is 0 Å². The Hall–Kier alpha value is -2.54. The van der Waals surface area contributed by atoms with E-state index in [9.17, 15) is 4.79 Å². The maximum Gasteiger partial charge on any atom is 0.259 e. The van der Waals surface area contributed by atoms with Crippen molar-refractivity contribution >= 4 is 22.4 Å². The van der Waals surface area contributed by atoms with E-state index < -0.39 is 0 Å². The summed E-state index contributed by atoms with van der Waals surface area (Å²) in [4.78, 5) is 25.0. The lowest BCUT2D eigenvalue weighted by Crippen LogP contribution is -2.12. The first-order valence-corrected chi connectivity index (χ1v) is 7.77. The molecular weight excluding hydrogens is 298 g/mol. The third kappa shape index (κ3) is 2.89. The molecule has 0 fully saturated rings. The number of imidazole rings is 1. The number of nitrogens with one attached hydrogen (secondary N) is 1. The van der Waals surface area contributed by atoms with Gasteiger partial charge in [0.15, 0.2) is 5.13 Å². The summed E-state index contributed by atoms with van der Waals surface area (Å²) >= 11 is 1.40. The molecule has 3 rings (SSSR count). The number of carbonyl (C=O) groups excluding carboxylic acids is 1. The predicted molar refractivity (Wildman–Crippen MR) is 85.5 cm³/mol. The maximum absolute atomic E-state index is 12.1. The molecule has 0 spiro atoms. The number of aryl methyl sites for hydroxylation is 2. The van der Waals surface area contributed by atoms with E-state index in [0.717, 1.165) is 23.8 Å². The molecule has 0 atom stereocenters. The van der Waals surface area contributed by atoms with Crippen LogP contribution in [0.2, 0.25) is 0 Å². The quantitative estimate of drug-likeness (QED) is 0.804. The van der Waals surface area contributed by atoms with Crippen LogP contribution in [0.1, 0.15) is 28.8 Å². The highest BCUT2D eigenvalue weighted by Crippen LogP contribution is 2.16. The SMILES string of the molecule is CCc1nccn1-c1ccc(C(=O)Nc2nc(C)cs2)cn1. The summed E-state index contributed by atoms with van der Waals surface area (Å²) in [5, 5.41) is 5.25. The monoisotopic (exact) mass is 313 g/mol. The molecule has 1 N–H and O–H groups in total. The molecule has 112 valence electrons. The topological polar surface area (TPSA) is 72.7 Å². The highest BCUT2D eigenvalue weighted by atomic mass is 32.1. The van der Waals surface area contributed by atoms with E-state index >= 15 is 0 Å². The van der Waals surface area contributed by atoms with Crippen LogP contribution in [0.5, 0.6) is 0 Å². The number of anilines is 1. The van der Waals surface area contributed by atoms with Gasteiger partial charge < -0.3 is 0 Å². The van der Waals surface area contributed by atoms with Gasteiger partial charge in [-0.3, -0.25) is 14.7 Å². The van der Waals surface area contributed by atoms with Gasteiger partial charge >= 0.3 is 0 Å². The van der Waals surface area contributed by atoms with Crippen molar-refractivity contribution in [1.29, 1.82) is 0 Å². The van der Waals surface area contributed by atoms with Crippen LogP contribution in [0.4, 0.5) is 5.13 Å². The molecule has 3 heterocycles. The van der Waals surface area contributed by atoms with Crippen LogP contribution in [0.15, 0.2) is 36.1 Å². The number of rotatable bonds is 4. The normalized spacial score (nSPS) is 10.6. The Balaban J connectivity index is 1.78. The van der Waals surface area contributed by atoms with Crippen molar-refractivity contribution < 1.29 is 4.79 Å². The summed E-state index contributed by atoms with van der Waals surface area (Å²) < 4.78 is 1.91. The minimum atomic E-state index is -0.213. The number of hydrogen-bond acceptors (Lipinski definition) is 5. The van der Waals surface area contributed by atoms with Crippen LogP contribution in [0.25, 0.3) is 5.82 Å². The standard InChI is InChI=1S/C15H15N5OS/c1-3-12-16-6-7-20(12)13-5-4-11(8-17-13)14(21)19-15-18-10(2)9-22-15/h4-9H,3H2,1-2H3,(H,18,19,21). The number of thiazole rings is 1. The predicted octanol–water partition coefficient (Wildman–Crippen LogP) is 2.85. The Bertz CT molecular complexity index is 790. The maximum atomic E-state index is 12.1. The van der Waals surface area contributed by atoms with Crippen LogP contribution in [0.3, 0.4) is 0 Å². The van der Waals surface area contributed by atoms with E-state index in [-0.39, 0.29) is 5.91 Å². The van der Waals surface area contributed by atoms with Gasteiger partial charge in [0.1, 0.15) is 11.6 Å². The lowest BCUT2D eigenvalue weighted by Gasteiger charge is -2.06. The van der Waals surface area contributed by atoms with Crippen molar-refractivity contribution in [2.24, 2.45) is 0 Å². The molecule has 22 heavy (non-hydrogen) atoms. The van der Waals surface area contributed by atoms with Crippen LogP contribution in [-0.4, -0.2) is 25.4 Å². The fourth-order valence-corrected chi connectivity index (χ4v) is 2.73. The number of nitrogens with zero attached hydrogens (tertiary/aromatic N) is 4. The number of carbonyl (C=O) groups is 1. The van der Waals surface area contributed by atoms with Gasteiger partial charge in [0.2, 0.25) is 0 Å². The van der Waals surface area contributed by atoms with Gasteiger partial charge in [0.25, 0.3) is 5.91 Å². The average molecular weight is 313 g/mol. The second-order valence-electron chi connectivity index (χ2n) is 4.72. The average Bonchev–Trinajstić information content (AvgIpc) is 3.16. The first-order valence-electron chi connectivity index (χ1n) is 6.89. The van der Waals surface area contributed by atoms with E-state index in [1.54, 1.807) is 18.5 Å². The van der Waals surface area contributed by atoms with E-state index in [1.165, 1.54) is 11.3 Å². The van der Waals surface area contributed by atoms with Crippen LogP contribution < -0.4 is 5.32 Å². The van der Waals surface area contributed by atoms with Crippen molar-refractivity contribution in [2.75, 3.05) is 5.32 Å². The van der Waals surface area contributed by atoms with Crippen molar-refractivity contribution in [3.8, 4) is 5.82 Å². The number of pyridine rings is 1. The molecule has 0 aliphatic rings. The summed E-state index contributed by atoms with van der Waals surface area (Å²) in [5.41, 5.74) is 1.38. The van der Waals surface area contributed by atoms with Gasteiger partial charge in [-0.25, -0.2) is 15.0 Å². The Labute approximate surface area is 131 Å².